The van der Waals surface area contributed by atoms with Crippen molar-refractivity contribution >= 4 is 17.3 Å². The van der Waals surface area contributed by atoms with Gasteiger partial charge in [-0.15, -0.1) is 0 Å². The number of likely N-dealkylation sites (tertiary alicyclic amines) is 1. The van der Waals surface area contributed by atoms with Gasteiger partial charge in [0.1, 0.15) is 6.04 Å². The van der Waals surface area contributed by atoms with Gasteiger partial charge in [0.15, 0.2) is 5.69 Å². The Morgan fingerprint density at radius 1 is 1.03 bits per heavy atom. The van der Waals surface area contributed by atoms with Gasteiger partial charge >= 0.3 is 0 Å². The second kappa shape index (κ2) is 11.0. The lowest BCUT2D eigenvalue weighted by Gasteiger charge is -2.44. The number of hydrogen-bond donors (Lipinski definition) is 0. The summed E-state index contributed by atoms with van der Waals surface area (Å²) >= 11 is 0. The fraction of sp³-hybridized carbons (Fsp3) is 0.414. The van der Waals surface area contributed by atoms with Crippen LogP contribution in [0.1, 0.15) is 43.5 Å². The van der Waals surface area contributed by atoms with Crippen LogP contribution < -0.4 is 4.90 Å². The summed E-state index contributed by atoms with van der Waals surface area (Å²) in [6.45, 7) is 14.2. The number of amides is 1. The molecular formula is C29H34N6O. The summed E-state index contributed by atoms with van der Waals surface area (Å²) in [5, 5.41) is 0. The predicted molar refractivity (Wildman–Crippen MR) is 142 cm³/mol. The fourth-order valence-corrected chi connectivity index (χ4v) is 5.47. The number of carbonyl (C=O) groups excluding carboxylic acids is 1. The third-order valence-corrected chi connectivity index (χ3v) is 7.56. The molecule has 0 N–H and O–H groups in total. The van der Waals surface area contributed by atoms with E-state index >= 15 is 0 Å². The first-order chi connectivity index (χ1) is 17.6. The molecule has 7 nitrogen and oxygen atoms in total. The Morgan fingerprint density at radius 2 is 1.78 bits per heavy atom. The van der Waals surface area contributed by atoms with E-state index in [1.165, 1.54) is 6.42 Å². The summed E-state index contributed by atoms with van der Waals surface area (Å²) in [5.74, 6) is 0.255. The Hall–Kier alpha value is -3.63. The van der Waals surface area contributed by atoms with Crippen molar-refractivity contribution in [2.75, 3.05) is 37.6 Å². The molecule has 0 saturated carbocycles. The Labute approximate surface area is 213 Å². The SMILES string of the molecule is [C-]#[N+]c1ccc([C@@H](C)n2cncc2CN2CCN(c3ccccc3)C(C(=O)N3CCCCC3)C2)cc1. The van der Waals surface area contributed by atoms with Gasteiger partial charge in [0.25, 0.3) is 0 Å². The van der Waals surface area contributed by atoms with Crippen LogP contribution in [-0.4, -0.2) is 64.0 Å². The summed E-state index contributed by atoms with van der Waals surface area (Å²) in [7, 11) is 0. The van der Waals surface area contributed by atoms with E-state index in [1.807, 2.05) is 42.9 Å². The van der Waals surface area contributed by atoms with Crippen molar-refractivity contribution in [2.24, 2.45) is 0 Å². The summed E-state index contributed by atoms with van der Waals surface area (Å²) in [6.07, 6.45) is 7.24. The number of para-hydroxylation sites is 1. The highest BCUT2D eigenvalue weighted by molar-refractivity contribution is 5.86. The zero-order chi connectivity index (χ0) is 24.9. The van der Waals surface area contributed by atoms with Crippen LogP contribution in [0.25, 0.3) is 4.85 Å². The first-order valence-corrected chi connectivity index (χ1v) is 12.9. The second-order valence-electron chi connectivity index (χ2n) is 9.84. The third kappa shape index (κ3) is 5.14. The van der Waals surface area contributed by atoms with Gasteiger partial charge in [-0.2, -0.15) is 0 Å². The van der Waals surface area contributed by atoms with Crippen molar-refractivity contribution in [3.63, 3.8) is 0 Å². The van der Waals surface area contributed by atoms with Gasteiger partial charge in [-0.3, -0.25) is 9.69 Å². The smallest absolute Gasteiger partial charge is 0.246 e. The fourth-order valence-electron chi connectivity index (χ4n) is 5.47. The molecule has 0 spiro atoms. The topological polar surface area (TPSA) is 49.0 Å². The molecule has 3 aromatic rings. The minimum absolute atomic E-state index is 0.110. The summed E-state index contributed by atoms with van der Waals surface area (Å²) in [6, 6.07) is 18.1. The second-order valence-corrected chi connectivity index (χ2v) is 9.84. The monoisotopic (exact) mass is 482 g/mol. The lowest BCUT2D eigenvalue weighted by Crippen LogP contribution is -2.60. The molecule has 2 fully saturated rings. The van der Waals surface area contributed by atoms with E-state index in [0.717, 1.165) is 62.5 Å². The van der Waals surface area contributed by atoms with Crippen molar-refractivity contribution in [3.05, 3.63) is 89.8 Å². The molecule has 7 heteroatoms. The summed E-state index contributed by atoms with van der Waals surface area (Å²) < 4.78 is 2.21. The molecule has 1 unspecified atom stereocenters. The summed E-state index contributed by atoms with van der Waals surface area (Å²) in [4.78, 5) is 28.4. The molecule has 2 aliphatic heterocycles. The number of piperazine rings is 1. The maximum atomic E-state index is 13.7. The quantitative estimate of drug-likeness (QED) is 0.476. The highest BCUT2D eigenvalue weighted by atomic mass is 16.2. The normalized spacial score (nSPS) is 19.6. The van der Waals surface area contributed by atoms with Gasteiger partial charge in [-0.25, -0.2) is 9.83 Å². The number of nitrogens with zero attached hydrogens (tertiary/aromatic N) is 6. The van der Waals surface area contributed by atoms with Crippen molar-refractivity contribution in [2.45, 2.75) is 44.8 Å². The maximum Gasteiger partial charge on any atom is 0.246 e. The van der Waals surface area contributed by atoms with Crippen molar-refractivity contribution in [1.29, 1.82) is 0 Å². The molecule has 36 heavy (non-hydrogen) atoms. The molecule has 1 amide bonds. The summed E-state index contributed by atoms with van der Waals surface area (Å²) in [5.41, 5.74) is 4.05. The van der Waals surface area contributed by atoms with E-state index < -0.39 is 0 Å². The highest BCUT2D eigenvalue weighted by Crippen LogP contribution is 2.26. The third-order valence-electron chi connectivity index (χ3n) is 7.56. The Morgan fingerprint density at radius 3 is 2.50 bits per heavy atom. The van der Waals surface area contributed by atoms with E-state index in [2.05, 4.69) is 60.3 Å². The van der Waals surface area contributed by atoms with Gasteiger partial charge in [-0.1, -0.05) is 42.5 Å². The molecule has 2 aromatic carbocycles. The van der Waals surface area contributed by atoms with Crippen LogP contribution in [0.3, 0.4) is 0 Å². The van der Waals surface area contributed by atoms with Crippen LogP contribution in [0.4, 0.5) is 11.4 Å². The van der Waals surface area contributed by atoms with Crippen LogP contribution in [0.5, 0.6) is 0 Å². The molecular weight excluding hydrogens is 448 g/mol. The van der Waals surface area contributed by atoms with E-state index in [0.29, 0.717) is 12.2 Å². The number of piperidine rings is 1. The van der Waals surface area contributed by atoms with Gasteiger partial charge < -0.3 is 14.4 Å². The largest absolute Gasteiger partial charge is 0.357 e. The van der Waals surface area contributed by atoms with Gasteiger partial charge in [-0.05, 0) is 43.9 Å². The molecule has 0 radical (unpaired) electrons. The van der Waals surface area contributed by atoms with Crippen LogP contribution >= 0.6 is 0 Å². The average molecular weight is 483 g/mol. The van der Waals surface area contributed by atoms with E-state index in [1.54, 1.807) is 0 Å². The molecule has 2 aliphatic rings. The van der Waals surface area contributed by atoms with E-state index in [-0.39, 0.29) is 18.0 Å². The van der Waals surface area contributed by atoms with Crippen LogP contribution in [-0.2, 0) is 11.3 Å². The van der Waals surface area contributed by atoms with Crippen LogP contribution in [0.2, 0.25) is 0 Å². The van der Waals surface area contributed by atoms with Gasteiger partial charge in [0, 0.05) is 51.2 Å². The van der Waals surface area contributed by atoms with Crippen molar-refractivity contribution < 1.29 is 4.79 Å². The number of rotatable bonds is 6. The van der Waals surface area contributed by atoms with Crippen LogP contribution in [0, 0.1) is 6.57 Å². The molecule has 1 aromatic heterocycles. The first kappa shape index (κ1) is 24.1. The minimum atomic E-state index is -0.186. The molecule has 0 bridgehead atoms. The standard InChI is InChI=1S/C29H34N6O/c1-23(24-11-13-25(30-2)14-12-24)35-22-31-19-27(35)20-32-17-18-34(26-9-5-3-6-10-26)28(21-32)29(36)33-15-7-4-8-16-33/h3,5-6,9-14,19,22-23,28H,4,7-8,15-18,20-21H2,1H3/t23-,28?/m1/s1. The first-order valence-electron chi connectivity index (χ1n) is 12.9. The van der Waals surface area contributed by atoms with Crippen LogP contribution in [0.15, 0.2) is 67.1 Å². The zero-order valence-corrected chi connectivity index (χ0v) is 21.0. The number of carbonyl (C=O) groups is 1. The molecule has 3 heterocycles. The Balaban J connectivity index is 1.34. The van der Waals surface area contributed by atoms with E-state index in [9.17, 15) is 4.79 Å². The molecule has 2 saturated heterocycles. The molecule has 186 valence electrons. The number of aromatic nitrogens is 2. The maximum absolute atomic E-state index is 13.7. The van der Waals surface area contributed by atoms with Gasteiger partial charge in [0.05, 0.1) is 24.6 Å². The predicted octanol–water partition coefficient (Wildman–Crippen LogP) is 4.75. The minimum Gasteiger partial charge on any atom is -0.357 e. The molecule has 5 rings (SSSR count). The van der Waals surface area contributed by atoms with Crippen molar-refractivity contribution in [3.8, 4) is 0 Å². The zero-order valence-electron chi connectivity index (χ0n) is 21.0. The lowest BCUT2D eigenvalue weighted by atomic mass is 10.1. The van der Waals surface area contributed by atoms with Gasteiger partial charge in [0.2, 0.25) is 5.91 Å². The average Bonchev–Trinajstić information content (AvgIpc) is 3.41. The number of imidazole rings is 1. The lowest BCUT2D eigenvalue weighted by molar-refractivity contribution is -0.134. The number of benzene rings is 2. The number of hydrogen-bond acceptors (Lipinski definition) is 4. The van der Waals surface area contributed by atoms with Crippen molar-refractivity contribution in [1.82, 2.24) is 19.4 Å². The molecule has 0 aliphatic carbocycles. The van der Waals surface area contributed by atoms with E-state index in [4.69, 9.17) is 6.57 Å². The number of anilines is 1. The Kier molecular flexibility index (Phi) is 7.33. The molecule has 2 atom stereocenters. The Bertz CT molecular complexity index is 1190. The highest BCUT2D eigenvalue weighted by Gasteiger charge is 2.35.